The lowest BCUT2D eigenvalue weighted by molar-refractivity contribution is -0.121. The maximum absolute atomic E-state index is 12.5. The Balaban J connectivity index is 1.61. The van der Waals surface area contributed by atoms with Gasteiger partial charge in [-0.05, 0) is 42.8 Å². The molecule has 2 aromatic carbocycles. The second-order valence-electron chi connectivity index (χ2n) is 5.71. The largest absolute Gasteiger partial charge is 0.497 e. The van der Waals surface area contributed by atoms with E-state index in [9.17, 15) is 9.59 Å². The molecule has 2 amide bonds. The number of hydrogen-bond acceptors (Lipinski definition) is 4. The van der Waals surface area contributed by atoms with E-state index in [1.807, 2.05) is 30.3 Å². The van der Waals surface area contributed by atoms with E-state index in [1.54, 1.807) is 31.4 Å². The SMILES string of the molecule is COc1ccc(N2C(=O)C[C@H](NCCc3ccccc3)C2=O)cc1. The molecule has 5 nitrogen and oxygen atoms in total. The first-order valence-corrected chi connectivity index (χ1v) is 7.97. The van der Waals surface area contributed by atoms with Crippen LogP contribution in [-0.4, -0.2) is 31.5 Å². The molecule has 1 fully saturated rings. The van der Waals surface area contributed by atoms with Gasteiger partial charge in [0.15, 0.2) is 0 Å². The maximum Gasteiger partial charge on any atom is 0.251 e. The van der Waals surface area contributed by atoms with Crippen molar-refractivity contribution in [3.63, 3.8) is 0 Å². The third-order valence-corrected chi connectivity index (χ3v) is 4.12. The summed E-state index contributed by atoms with van der Waals surface area (Å²) in [6.45, 7) is 0.657. The van der Waals surface area contributed by atoms with Crippen LogP contribution >= 0.6 is 0 Å². The fraction of sp³-hybridized carbons (Fsp3) is 0.263. The number of nitrogens with one attached hydrogen (secondary N) is 1. The number of rotatable bonds is 6. The molecule has 5 heteroatoms. The molecule has 124 valence electrons. The number of hydrogen-bond donors (Lipinski definition) is 1. The van der Waals surface area contributed by atoms with Crippen LogP contribution in [0.2, 0.25) is 0 Å². The predicted octanol–water partition coefficient (Wildman–Crippen LogP) is 2.16. The van der Waals surface area contributed by atoms with Crippen LogP contribution in [0.5, 0.6) is 5.75 Å². The van der Waals surface area contributed by atoms with Crippen LogP contribution in [0.4, 0.5) is 5.69 Å². The predicted molar refractivity (Wildman–Crippen MR) is 92.0 cm³/mol. The molecule has 0 spiro atoms. The second-order valence-corrected chi connectivity index (χ2v) is 5.71. The first-order valence-electron chi connectivity index (χ1n) is 7.97. The van der Waals surface area contributed by atoms with Crippen LogP contribution < -0.4 is 15.0 Å². The molecule has 1 aliphatic heterocycles. The third kappa shape index (κ3) is 3.46. The molecule has 0 aliphatic carbocycles. The molecule has 0 saturated carbocycles. The summed E-state index contributed by atoms with van der Waals surface area (Å²) >= 11 is 0. The topological polar surface area (TPSA) is 58.6 Å². The zero-order valence-corrected chi connectivity index (χ0v) is 13.6. The standard InChI is InChI=1S/C19H20N2O3/c1-24-16-9-7-15(8-10-16)21-18(22)13-17(19(21)23)20-12-11-14-5-3-2-4-6-14/h2-10,17,20H,11-13H2,1H3/t17-/m0/s1. The van der Waals surface area contributed by atoms with Crippen molar-refractivity contribution < 1.29 is 14.3 Å². The Labute approximate surface area is 141 Å². The van der Waals surface area contributed by atoms with E-state index in [0.717, 1.165) is 6.42 Å². The lowest BCUT2D eigenvalue weighted by Gasteiger charge is -2.16. The van der Waals surface area contributed by atoms with Gasteiger partial charge in [-0.2, -0.15) is 0 Å². The fourth-order valence-electron chi connectivity index (χ4n) is 2.83. The lowest BCUT2D eigenvalue weighted by atomic mass is 10.1. The van der Waals surface area contributed by atoms with Gasteiger partial charge >= 0.3 is 0 Å². The van der Waals surface area contributed by atoms with Crippen molar-refractivity contribution in [2.45, 2.75) is 18.9 Å². The minimum atomic E-state index is -0.455. The number of carbonyl (C=O) groups is 2. The Morgan fingerprint density at radius 1 is 1.08 bits per heavy atom. The number of imide groups is 1. The molecule has 1 atom stereocenters. The highest BCUT2D eigenvalue weighted by Gasteiger charge is 2.39. The summed E-state index contributed by atoms with van der Waals surface area (Å²) in [4.78, 5) is 26.0. The Morgan fingerprint density at radius 2 is 1.79 bits per heavy atom. The highest BCUT2D eigenvalue weighted by Crippen LogP contribution is 2.25. The summed E-state index contributed by atoms with van der Waals surface area (Å²) < 4.78 is 5.10. The van der Waals surface area contributed by atoms with Gasteiger partial charge in [0.2, 0.25) is 5.91 Å². The van der Waals surface area contributed by atoms with Gasteiger partial charge in [-0.25, -0.2) is 4.90 Å². The van der Waals surface area contributed by atoms with E-state index < -0.39 is 6.04 Å². The number of anilines is 1. The van der Waals surface area contributed by atoms with Gasteiger partial charge in [-0.3, -0.25) is 9.59 Å². The molecule has 1 saturated heterocycles. The molecule has 1 N–H and O–H groups in total. The average Bonchev–Trinajstić information content (AvgIpc) is 2.90. The molecule has 0 bridgehead atoms. The smallest absolute Gasteiger partial charge is 0.251 e. The summed E-state index contributed by atoms with van der Waals surface area (Å²) in [6.07, 6.45) is 1.01. The van der Waals surface area contributed by atoms with Gasteiger partial charge in [0.05, 0.1) is 25.3 Å². The van der Waals surface area contributed by atoms with Crippen molar-refractivity contribution in [3.05, 3.63) is 60.2 Å². The van der Waals surface area contributed by atoms with Gasteiger partial charge in [-0.1, -0.05) is 30.3 Å². The molecule has 0 radical (unpaired) electrons. The number of amides is 2. The molecule has 0 aromatic heterocycles. The van der Waals surface area contributed by atoms with Crippen molar-refractivity contribution in [3.8, 4) is 5.75 Å². The van der Waals surface area contributed by atoms with E-state index in [0.29, 0.717) is 18.0 Å². The van der Waals surface area contributed by atoms with Crippen LogP contribution in [0.3, 0.4) is 0 Å². The Bertz CT molecular complexity index is 713. The summed E-state index contributed by atoms with van der Waals surface area (Å²) in [5.41, 5.74) is 1.78. The number of benzene rings is 2. The minimum Gasteiger partial charge on any atom is -0.497 e. The van der Waals surface area contributed by atoms with Crippen molar-refractivity contribution in [1.82, 2.24) is 5.32 Å². The van der Waals surface area contributed by atoms with E-state index in [1.165, 1.54) is 10.5 Å². The molecule has 1 heterocycles. The number of nitrogens with zero attached hydrogens (tertiary/aromatic N) is 1. The zero-order valence-electron chi connectivity index (χ0n) is 13.6. The first kappa shape index (κ1) is 16.2. The van der Waals surface area contributed by atoms with Crippen molar-refractivity contribution in [1.29, 1.82) is 0 Å². The Kier molecular flexibility index (Phi) is 4.91. The van der Waals surface area contributed by atoms with Crippen molar-refractivity contribution in [2.24, 2.45) is 0 Å². The van der Waals surface area contributed by atoms with Crippen LogP contribution in [0.15, 0.2) is 54.6 Å². The number of carbonyl (C=O) groups excluding carboxylic acids is 2. The van der Waals surface area contributed by atoms with Crippen molar-refractivity contribution in [2.75, 3.05) is 18.6 Å². The van der Waals surface area contributed by atoms with Crippen LogP contribution in [0.1, 0.15) is 12.0 Å². The molecule has 2 aromatic rings. The maximum atomic E-state index is 12.5. The van der Waals surface area contributed by atoms with Gasteiger partial charge in [0.1, 0.15) is 5.75 Å². The lowest BCUT2D eigenvalue weighted by Crippen LogP contribution is -2.39. The van der Waals surface area contributed by atoms with Crippen LogP contribution in [-0.2, 0) is 16.0 Å². The highest BCUT2D eigenvalue weighted by molar-refractivity contribution is 6.22. The fourth-order valence-corrected chi connectivity index (χ4v) is 2.83. The van der Waals surface area contributed by atoms with Gasteiger partial charge in [0, 0.05) is 0 Å². The molecule has 24 heavy (non-hydrogen) atoms. The van der Waals surface area contributed by atoms with E-state index >= 15 is 0 Å². The normalized spacial score (nSPS) is 17.4. The van der Waals surface area contributed by atoms with Crippen LogP contribution in [0.25, 0.3) is 0 Å². The molecular weight excluding hydrogens is 304 g/mol. The molecule has 1 aliphatic rings. The van der Waals surface area contributed by atoms with Gasteiger partial charge in [-0.15, -0.1) is 0 Å². The zero-order chi connectivity index (χ0) is 16.9. The number of ether oxygens (including phenoxy) is 1. The monoisotopic (exact) mass is 324 g/mol. The molecular formula is C19H20N2O3. The summed E-state index contributed by atoms with van der Waals surface area (Å²) in [5.74, 6) is 0.316. The minimum absolute atomic E-state index is 0.178. The molecule has 3 rings (SSSR count). The Hall–Kier alpha value is -2.66. The first-order chi connectivity index (χ1) is 11.7. The molecule has 0 unspecified atom stereocenters. The average molecular weight is 324 g/mol. The summed E-state index contributed by atoms with van der Waals surface area (Å²) in [5, 5.41) is 3.20. The van der Waals surface area contributed by atoms with E-state index in [-0.39, 0.29) is 18.2 Å². The quantitative estimate of drug-likeness (QED) is 0.827. The van der Waals surface area contributed by atoms with E-state index in [2.05, 4.69) is 5.32 Å². The number of methoxy groups -OCH3 is 1. The second kappa shape index (κ2) is 7.27. The van der Waals surface area contributed by atoms with Crippen molar-refractivity contribution >= 4 is 17.5 Å². The van der Waals surface area contributed by atoms with E-state index in [4.69, 9.17) is 4.74 Å². The van der Waals surface area contributed by atoms with Gasteiger partial charge in [0.25, 0.3) is 5.91 Å². The summed E-state index contributed by atoms with van der Waals surface area (Å²) in [7, 11) is 1.58. The summed E-state index contributed by atoms with van der Waals surface area (Å²) in [6, 6.07) is 16.5. The Morgan fingerprint density at radius 3 is 2.46 bits per heavy atom. The van der Waals surface area contributed by atoms with Gasteiger partial charge < -0.3 is 10.1 Å². The van der Waals surface area contributed by atoms with Crippen LogP contribution in [0, 0.1) is 0 Å². The third-order valence-electron chi connectivity index (χ3n) is 4.12. The highest BCUT2D eigenvalue weighted by atomic mass is 16.5.